The molecule has 0 saturated heterocycles. The van der Waals surface area contributed by atoms with E-state index in [-0.39, 0.29) is 0 Å². The molecule has 0 bridgehead atoms. The lowest BCUT2D eigenvalue weighted by Crippen LogP contribution is -2.32. The van der Waals surface area contributed by atoms with E-state index in [1.807, 2.05) is 11.4 Å². The molecule has 0 aliphatic carbocycles. The Morgan fingerprint density at radius 3 is 3.29 bits per heavy atom. The molecule has 0 radical (unpaired) electrons. The summed E-state index contributed by atoms with van der Waals surface area (Å²) in [6, 6.07) is 0.546. The first-order valence-electron chi connectivity index (χ1n) is 4.81. The van der Waals surface area contributed by atoms with Crippen molar-refractivity contribution < 1.29 is 0 Å². The summed E-state index contributed by atoms with van der Waals surface area (Å²) in [4.78, 5) is 6.80. The van der Waals surface area contributed by atoms with Crippen molar-refractivity contribution >= 4 is 16.3 Å². The summed E-state index contributed by atoms with van der Waals surface area (Å²) in [5.74, 6) is 0.866. The third-order valence-electron chi connectivity index (χ3n) is 2.59. The maximum atomic E-state index is 4.41. The molecule has 74 valence electrons. The summed E-state index contributed by atoms with van der Waals surface area (Å²) in [6.07, 6.45) is 1.05. The lowest BCUT2D eigenvalue weighted by molar-refractivity contribution is 0.505. The highest BCUT2D eigenvalue weighted by molar-refractivity contribution is 7.17. The number of aromatic nitrogens is 3. The largest absolute Gasteiger partial charge is 0.309 e. The number of aryl methyl sites for hydroxylation is 1. The SMILES string of the molecule is Cc1nc2sc3c(n2n1)CC(C)NC3. The van der Waals surface area contributed by atoms with Gasteiger partial charge in [-0.1, -0.05) is 11.3 Å². The van der Waals surface area contributed by atoms with Gasteiger partial charge in [-0.05, 0) is 13.8 Å². The molecule has 5 heteroatoms. The number of hydrogen-bond acceptors (Lipinski definition) is 4. The number of hydrogen-bond donors (Lipinski definition) is 1. The van der Waals surface area contributed by atoms with Crippen LogP contribution in [0.4, 0.5) is 0 Å². The van der Waals surface area contributed by atoms with Gasteiger partial charge in [-0.3, -0.25) is 0 Å². The Morgan fingerprint density at radius 2 is 2.43 bits per heavy atom. The molecule has 14 heavy (non-hydrogen) atoms. The van der Waals surface area contributed by atoms with Crippen molar-refractivity contribution in [2.75, 3.05) is 0 Å². The summed E-state index contributed by atoms with van der Waals surface area (Å²) < 4.78 is 2.01. The van der Waals surface area contributed by atoms with Gasteiger partial charge >= 0.3 is 0 Å². The third kappa shape index (κ3) is 1.09. The van der Waals surface area contributed by atoms with Crippen molar-refractivity contribution in [2.45, 2.75) is 32.9 Å². The molecule has 1 aliphatic heterocycles. The molecule has 4 nitrogen and oxygen atoms in total. The molecule has 0 aromatic carbocycles. The lowest BCUT2D eigenvalue weighted by atomic mass is 10.1. The van der Waals surface area contributed by atoms with Crippen LogP contribution in [0.3, 0.4) is 0 Å². The van der Waals surface area contributed by atoms with Crippen LogP contribution < -0.4 is 5.32 Å². The molecular weight excluding hydrogens is 196 g/mol. The van der Waals surface area contributed by atoms with Crippen LogP contribution in [0.5, 0.6) is 0 Å². The average molecular weight is 208 g/mol. The van der Waals surface area contributed by atoms with Gasteiger partial charge in [0, 0.05) is 23.9 Å². The van der Waals surface area contributed by atoms with Crippen LogP contribution in [0, 0.1) is 6.92 Å². The van der Waals surface area contributed by atoms with E-state index in [1.54, 1.807) is 11.3 Å². The van der Waals surface area contributed by atoms with E-state index in [0.717, 1.165) is 23.8 Å². The van der Waals surface area contributed by atoms with Gasteiger partial charge in [0.15, 0.2) is 0 Å². The van der Waals surface area contributed by atoms with Crippen molar-refractivity contribution in [3.63, 3.8) is 0 Å². The summed E-state index contributed by atoms with van der Waals surface area (Å²) in [5.41, 5.74) is 1.34. The van der Waals surface area contributed by atoms with E-state index in [0.29, 0.717) is 6.04 Å². The van der Waals surface area contributed by atoms with E-state index >= 15 is 0 Å². The van der Waals surface area contributed by atoms with E-state index in [9.17, 15) is 0 Å². The van der Waals surface area contributed by atoms with Gasteiger partial charge in [0.2, 0.25) is 4.96 Å². The summed E-state index contributed by atoms with van der Waals surface area (Å²) >= 11 is 1.75. The predicted molar refractivity (Wildman–Crippen MR) is 55.6 cm³/mol. The first-order chi connectivity index (χ1) is 6.74. The molecule has 1 unspecified atom stereocenters. The minimum Gasteiger partial charge on any atom is -0.309 e. The van der Waals surface area contributed by atoms with Gasteiger partial charge in [0.1, 0.15) is 5.82 Å². The van der Waals surface area contributed by atoms with Crippen LogP contribution in [0.2, 0.25) is 0 Å². The van der Waals surface area contributed by atoms with Crippen molar-refractivity contribution in [3.8, 4) is 0 Å². The van der Waals surface area contributed by atoms with Gasteiger partial charge in [-0.15, -0.1) is 0 Å². The Kier molecular flexibility index (Phi) is 1.66. The predicted octanol–water partition coefficient (Wildman–Crippen LogP) is 1.13. The lowest BCUT2D eigenvalue weighted by Gasteiger charge is -2.19. The molecule has 2 aromatic heterocycles. The Balaban J connectivity index is 2.23. The Hall–Kier alpha value is -0.940. The fourth-order valence-corrected chi connectivity index (χ4v) is 2.97. The molecule has 2 aromatic rings. The molecule has 3 heterocycles. The molecule has 1 atom stereocenters. The fraction of sp³-hybridized carbons (Fsp3) is 0.556. The zero-order valence-corrected chi connectivity index (χ0v) is 9.06. The second-order valence-electron chi connectivity index (χ2n) is 3.81. The second kappa shape index (κ2) is 2.77. The molecular formula is C9H12N4S. The molecule has 0 spiro atoms. The van der Waals surface area contributed by atoms with Crippen LogP contribution >= 0.6 is 11.3 Å². The molecule has 3 rings (SSSR count). The first-order valence-corrected chi connectivity index (χ1v) is 5.63. The van der Waals surface area contributed by atoms with Crippen LogP contribution in [0.25, 0.3) is 4.96 Å². The number of rotatable bonds is 0. The maximum absolute atomic E-state index is 4.41. The molecule has 1 aliphatic rings. The van der Waals surface area contributed by atoms with E-state index in [1.165, 1.54) is 10.6 Å². The van der Waals surface area contributed by atoms with Gasteiger partial charge in [0.25, 0.3) is 0 Å². The second-order valence-corrected chi connectivity index (χ2v) is 4.87. The van der Waals surface area contributed by atoms with Gasteiger partial charge in [-0.25, -0.2) is 9.50 Å². The fourth-order valence-electron chi connectivity index (χ4n) is 1.89. The van der Waals surface area contributed by atoms with Crippen LogP contribution in [-0.2, 0) is 13.0 Å². The van der Waals surface area contributed by atoms with Crippen molar-refractivity contribution in [3.05, 3.63) is 16.4 Å². The molecule has 0 amide bonds. The summed E-state index contributed by atoms with van der Waals surface area (Å²) in [5, 5.41) is 7.85. The number of nitrogens with zero attached hydrogens (tertiary/aromatic N) is 3. The zero-order chi connectivity index (χ0) is 9.71. The topological polar surface area (TPSA) is 42.2 Å². The van der Waals surface area contributed by atoms with Crippen LogP contribution in [-0.4, -0.2) is 20.6 Å². The highest BCUT2D eigenvalue weighted by Gasteiger charge is 2.21. The van der Waals surface area contributed by atoms with Crippen LogP contribution in [0.1, 0.15) is 23.3 Å². The molecule has 0 saturated carbocycles. The van der Waals surface area contributed by atoms with Crippen molar-refractivity contribution in [2.24, 2.45) is 0 Å². The standard InChI is InChI=1S/C9H12N4S/c1-5-3-7-8(4-10-5)14-9-11-6(2)12-13(7)9/h5,10H,3-4H2,1-2H3. The number of thiazole rings is 1. The number of fused-ring (bicyclic) bond motifs is 3. The van der Waals surface area contributed by atoms with E-state index in [4.69, 9.17) is 0 Å². The first kappa shape index (κ1) is 8.38. The molecule has 1 N–H and O–H groups in total. The minimum atomic E-state index is 0.546. The Labute approximate surface area is 86.0 Å². The average Bonchev–Trinajstić information content (AvgIpc) is 2.62. The Bertz CT molecular complexity index is 484. The summed E-state index contributed by atoms with van der Waals surface area (Å²) in [7, 11) is 0. The van der Waals surface area contributed by atoms with E-state index in [2.05, 4.69) is 22.3 Å². The van der Waals surface area contributed by atoms with Crippen LogP contribution in [0.15, 0.2) is 0 Å². The van der Waals surface area contributed by atoms with E-state index < -0.39 is 0 Å². The smallest absolute Gasteiger partial charge is 0.212 e. The highest BCUT2D eigenvalue weighted by Crippen LogP contribution is 2.25. The monoisotopic (exact) mass is 208 g/mol. The molecule has 0 fully saturated rings. The van der Waals surface area contributed by atoms with Gasteiger partial charge in [0.05, 0.1) is 5.69 Å². The van der Waals surface area contributed by atoms with Gasteiger partial charge in [-0.2, -0.15) is 5.10 Å². The summed E-state index contributed by atoms with van der Waals surface area (Å²) in [6.45, 7) is 5.11. The minimum absolute atomic E-state index is 0.546. The zero-order valence-electron chi connectivity index (χ0n) is 8.24. The highest BCUT2D eigenvalue weighted by atomic mass is 32.1. The normalized spacial score (nSPS) is 21.4. The van der Waals surface area contributed by atoms with Crippen molar-refractivity contribution in [1.29, 1.82) is 0 Å². The quantitative estimate of drug-likeness (QED) is 0.706. The maximum Gasteiger partial charge on any atom is 0.212 e. The van der Waals surface area contributed by atoms with Gasteiger partial charge < -0.3 is 5.32 Å². The third-order valence-corrected chi connectivity index (χ3v) is 3.66. The number of nitrogens with one attached hydrogen (secondary N) is 1. The van der Waals surface area contributed by atoms with Crippen molar-refractivity contribution in [1.82, 2.24) is 19.9 Å². The Morgan fingerprint density at radius 1 is 1.57 bits per heavy atom.